The van der Waals surface area contributed by atoms with Crippen LogP contribution in [-0.4, -0.2) is 12.9 Å². The van der Waals surface area contributed by atoms with Crippen LogP contribution in [0.1, 0.15) is 21.8 Å². The highest BCUT2D eigenvalue weighted by molar-refractivity contribution is 6.02. The molecule has 0 aliphatic carbocycles. The number of hydrogen-bond donors (Lipinski definition) is 0. The van der Waals surface area contributed by atoms with Gasteiger partial charge in [-0.25, -0.2) is 8.78 Å². The van der Waals surface area contributed by atoms with Crippen LogP contribution in [0.5, 0.6) is 5.75 Å². The molecule has 0 aliphatic heterocycles. The molecular weight excluding hydrogens is 276 g/mol. The third-order valence-corrected chi connectivity index (χ3v) is 3.04. The summed E-state index contributed by atoms with van der Waals surface area (Å²) in [4.78, 5) is 12.3. The van der Waals surface area contributed by atoms with Crippen molar-refractivity contribution in [1.82, 2.24) is 0 Å². The number of ether oxygens (including phenoxy) is 1. The van der Waals surface area contributed by atoms with E-state index in [1.165, 1.54) is 7.11 Å². The predicted octanol–water partition coefficient (Wildman–Crippen LogP) is 3.46. The number of nitrogens with zero attached hydrogens (tertiary/aromatic N) is 1. The first-order chi connectivity index (χ1) is 10.1. The van der Waals surface area contributed by atoms with Crippen molar-refractivity contribution in [3.05, 3.63) is 65.2 Å². The number of methoxy groups -OCH3 is 1. The molecule has 0 radical (unpaired) electrons. The Morgan fingerprint density at radius 3 is 2.33 bits per heavy atom. The minimum atomic E-state index is -1.12. The largest absolute Gasteiger partial charge is 0.497 e. The summed E-state index contributed by atoms with van der Waals surface area (Å²) in [5.74, 6) is -3.23. The van der Waals surface area contributed by atoms with Crippen LogP contribution < -0.4 is 4.74 Å². The lowest BCUT2D eigenvalue weighted by Crippen LogP contribution is -2.11. The van der Waals surface area contributed by atoms with E-state index in [4.69, 9.17) is 4.74 Å². The van der Waals surface area contributed by atoms with Crippen molar-refractivity contribution in [3.8, 4) is 11.8 Å². The fourth-order valence-corrected chi connectivity index (χ4v) is 1.90. The molecule has 0 amide bonds. The van der Waals surface area contributed by atoms with E-state index < -0.39 is 23.3 Å². The lowest BCUT2D eigenvalue weighted by molar-refractivity contribution is 0.0978. The van der Waals surface area contributed by atoms with E-state index in [9.17, 15) is 18.8 Å². The maximum absolute atomic E-state index is 13.2. The Balaban J connectivity index is 2.33. The molecule has 0 saturated carbocycles. The molecule has 21 heavy (non-hydrogen) atoms. The van der Waals surface area contributed by atoms with Gasteiger partial charge in [-0.2, -0.15) is 5.26 Å². The Bertz CT molecular complexity index is 705. The number of Topliss-reactive ketones (excluding diaryl/α,β-unsaturated/α-hetero) is 1. The number of ketones is 1. The highest BCUT2D eigenvalue weighted by Crippen LogP contribution is 2.23. The Morgan fingerprint density at radius 1 is 1.14 bits per heavy atom. The van der Waals surface area contributed by atoms with Crippen molar-refractivity contribution in [3.63, 3.8) is 0 Å². The molecule has 0 spiro atoms. The highest BCUT2D eigenvalue weighted by Gasteiger charge is 2.22. The van der Waals surface area contributed by atoms with Gasteiger partial charge in [0, 0.05) is 5.56 Å². The van der Waals surface area contributed by atoms with Gasteiger partial charge in [0.05, 0.1) is 13.2 Å². The molecule has 2 aromatic carbocycles. The Labute approximate surface area is 120 Å². The molecule has 2 aromatic rings. The van der Waals surface area contributed by atoms with E-state index in [-0.39, 0.29) is 5.56 Å². The second-order valence-corrected chi connectivity index (χ2v) is 4.33. The van der Waals surface area contributed by atoms with Gasteiger partial charge in [-0.3, -0.25) is 4.79 Å². The Morgan fingerprint density at radius 2 is 1.81 bits per heavy atom. The molecule has 106 valence electrons. The summed E-state index contributed by atoms with van der Waals surface area (Å²) in [7, 11) is 1.50. The Kier molecular flexibility index (Phi) is 4.29. The second-order valence-electron chi connectivity index (χ2n) is 4.33. The van der Waals surface area contributed by atoms with Crippen LogP contribution in [0.25, 0.3) is 0 Å². The lowest BCUT2D eigenvalue weighted by atomic mass is 9.92. The van der Waals surface area contributed by atoms with Crippen molar-refractivity contribution in [2.45, 2.75) is 5.92 Å². The molecular formula is C16H11F2NO2. The molecule has 1 atom stereocenters. The van der Waals surface area contributed by atoms with Gasteiger partial charge in [-0.05, 0) is 35.9 Å². The standard InChI is InChI=1S/C16H11F2NO2/c1-21-12-5-2-10(3-6-12)13(9-19)16(20)11-4-7-14(17)15(18)8-11/h2-8,13H,1H3. The molecule has 0 aromatic heterocycles. The lowest BCUT2D eigenvalue weighted by Gasteiger charge is -2.09. The van der Waals surface area contributed by atoms with Gasteiger partial charge in [0.25, 0.3) is 0 Å². The average Bonchev–Trinajstić information content (AvgIpc) is 2.51. The third-order valence-electron chi connectivity index (χ3n) is 3.04. The van der Waals surface area contributed by atoms with Crippen molar-refractivity contribution >= 4 is 5.78 Å². The van der Waals surface area contributed by atoms with E-state index in [0.29, 0.717) is 11.3 Å². The molecule has 0 bridgehead atoms. The van der Waals surface area contributed by atoms with E-state index in [1.54, 1.807) is 24.3 Å². The summed E-state index contributed by atoms with van der Waals surface area (Å²) in [5.41, 5.74) is 0.421. The SMILES string of the molecule is COc1ccc(C(C#N)C(=O)c2ccc(F)c(F)c2)cc1. The summed E-state index contributed by atoms with van der Waals surface area (Å²) in [6.45, 7) is 0. The summed E-state index contributed by atoms with van der Waals surface area (Å²) < 4.78 is 31.1. The monoisotopic (exact) mass is 287 g/mol. The van der Waals surface area contributed by atoms with Gasteiger partial charge in [0.2, 0.25) is 0 Å². The maximum atomic E-state index is 13.2. The zero-order chi connectivity index (χ0) is 15.4. The van der Waals surface area contributed by atoms with Gasteiger partial charge in [-0.1, -0.05) is 12.1 Å². The molecule has 0 saturated heterocycles. The van der Waals surface area contributed by atoms with Crippen LogP contribution in [-0.2, 0) is 0 Å². The fraction of sp³-hybridized carbons (Fsp3) is 0.125. The van der Waals surface area contributed by atoms with Gasteiger partial charge < -0.3 is 4.74 Å². The smallest absolute Gasteiger partial charge is 0.184 e. The zero-order valence-electron chi connectivity index (χ0n) is 11.1. The zero-order valence-corrected chi connectivity index (χ0v) is 11.1. The van der Waals surface area contributed by atoms with Crippen molar-refractivity contribution in [1.29, 1.82) is 5.26 Å². The van der Waals surface area contributed by atoms with E-state index in [1.807, 2.05) is 6.07 Å². The number of halogens is 2. The number of hydrogen-bond acceptors (Lipinski definition) is 3. The van der Waals surface area contributed by atoms with Crippen LogP contribution in [0.15, 0.2) is 42.5 Å². The van der Waals surface area contributed by atoms with E-state index in [2.05, 4.69) is 0 Å². The molecule has 0 aliphatic rings. The third kappa shape index (κ3) is 3.06. The Hall–Kier alpha value is -2.74. The molecule has 5 heteroatoms. The van der Waals surface area contributed by atoms with Crippen LogP contribution in [0.2, 0.25) is 0 Å². The molecule has 0 heterocycles. The summed E-state index contributed by atoms with van der Waals surface area (Å²) in [6, 6.07) is 11.1. The first-order valence-electron chi connectivity index (χ1n) is 6.09. The number of benzene rings is 2. The topological polar surface area (TPSA) is 50.1 Å². The molecule has 1 unspecified atom stereocenters. The predicted molar refractivity (Wildman–Crippen MR) is 72.0 cm³/mol. The van der Waals surface area contributed by atoms with Crippen molar-refractivity contribution in [2.75, 3.05) is 7.11 Å². The number of rotatable bonds is 4. The van der Waals surface area contributed by atoms with Crippen LogP contribution in [0.4, 0.5) is 8.78 Å². The molecule has 2 rings (SSSR count). The fourth-order valence-electron chi connectivity index (χ4n) is 1.90. The normalized spacial score (nSPS) is 11.5. The first kappa shape index (κ1) is 14.7. The van der Waals surface area contributed by atoms with Gasteiger partial charge in [-0.15, -0.1) is 0 Å². The number of carbonyl (C=O) groups is 1. The molecule has 0 fully saturated rings. The van der Waals surface area contributed by atoms with Crippen molar-refractivity contribution in [2.24, 2.45) is 0 Å². The highest BCUT2D eigenvalue weighted by atomic mass is 19.2. The molecule has 0 N–H and O–H groups in total. The first-order valence-corrected chi connectivity index (χ1v) is 6.09. The van der Waals surface area contributed by atoms with Gasteiger partial charge >= 0.3 is 0 Å². The van der Waals surface area contributed by atoms with Crippen molar-refractivity contribution < 1.29 is 18.3 Å². The minimum absolute atomic E-state index is 0.0451. The second kappa shape index (κ2) is 6.14. The van der Waals surface area contributed by atoms with Gasteiger partial charge in [0.15, 0.2) is 17.4 Å². The summed E-state index contributed by atoms with van der Waals surface area (Å²) in [6.07, 6.45) is 0. The summed E-state index contributed by atoms with van der Waals surface area (Å²) in [5, 5.41) is 9.19. The summed E-state index contributed by atoms with van der Waals surface area (Å²) >= 11 is 0. The quantitative estimate of drug-likeness (QED) is 0.809. The van der Waals surface area contributed by atoms with Crippen LogP contribution >= 0.6 is 0 Å². The number of carbonyl (C=O) groups excluding carboxylic acids is 1. The molecule has 3 nitrogen and oxygen atoms in total. The number of nitriles is 1. The average molecular weight is 287 g/mol. The minimum Gasteiger partial charge on any atom is -0.497 e. The van der Waals surface area contributed by atoms with Crippen LogP contribution in [0.3, 0.4) is 0 Å². The van der Waals surface area contributed by atoms with E-state index >= 15 is 0 Å². The maximum Gasteiger partial charge on any atom is 0.184 e. The van der Waals surface area contributed by atoms with Gasteiger partial charge in [0.1, 0.15) is 11.7 Å². The van der Waals surface area contributed by atoms with E-state index in [0.717, 1.165) is 18.2 Å². The van der Waals surface area contributed by atoms with Crippen LogP contribution in [0, 0.1) is 23.0 Å².